The lowest BCUT2D eigenvalue weighted by atomic mass is 9.88. The summed E-state index contributed by atoms with van der Waals surface area (Å²) in [6.07, 6.45) is 10.1. The van der Waals surface area contributed by atoms with Crippen LogP contribution in [0.1, 0.15) is 56.3 Å². The minimum absolute atomic E-state index is 0.0458. The summed E-state index contributed by atoms with van der Waals surface area (Å²) in [7, 11) is 2.28. The van der Waals surface area contributed by atoms with Crippen LogP contribution in [0, 0.1) is 5.92 Å². The third-order valence-electron chi connectivity index (χ3n) is 6.46. The molecule has 0 N–H and O–H groups in total. The van der Waals surface area contributed by atoms with E-state index in [1.807, 2.05) is 34.9 Å². The van der Waals surface area contributed by atoms with Gasteiger partial charge in [0, 0.05) is 25.6 Å². The van der Waals surface area contributed by atoms with Gasteiger partial charge in [-0.3, -0.25) is 4.57 Å². The molecule has 0 spiro atoms. The van der Waals surface area contributed by atoms with Crippen molar-refractivity contribution >= 4 is 0 Å². The molecule has 1 saturated carbocycles. The molecule has 0 amide bonds. The van der Waals surface area contributed by atoms with Crippen LogP contribution in [-0.4, -0.2) is 38.9 Å². The minimum atomic E-state index is 0.0458. The van der Waals surface area contributed by atoms with E-state index in [-0.39, 0.29) is 5.69 Å². The fourth-order valence-corrected chi connectivity index (χ4v) is 4.84. The largest absolute Gasteiger partial charge is 0.346 e. The van der Waals surface area contributed by atoms with E-state index in [4.69, 9.17) is 0 Å². The number of benzene rings is 1. The Morgan fingerprint density at radius 3 is 2.63 bits per heavy atom. The van der Waals surface area contributed by atoms with Crippen LogP contribution < -0.4 is 5.69 Å². The molecule has 1 aliphatic heterocycles. The molecule has 1 aromatic carbocycles. The molecule has 5 nitrogen and oxygen atoms in total. The quantitative estimate of drug-likeness (QED) is 0.813. The van der Waals surface area contributed by atoms with Crippen molar-refractivity contribution in [2.45, 2.75) is 70.5 Å². The van der Waals surface area contributed by atoms with Gasteiger partial charge in [0.15, 0.2) is 0 Å². The summed E-state index contributed by atoms with van der Waals surface area (Å²) in [6.45, 7) is 2.57. The normalized spacial score (nSPS) is 21.2. The zero-order valence-corrected chi connectivity index (χ0v) is 16.5. The topological polar surface area (TPSA) is 43.1 Å². The molecule has 2 heterocycles. The SMILES string of the molecule is CN(CC1CCCCC1)C1CCc2nn(Cc3ccccc3)c(=O)n2CC1. The first-order valence-electron chi connectivity index (χ1n) is 10.6. The van der Waals surface area contributed by atoms with Gasteiger partial charge in [-0.2, -0.15) is 5.10 Å². The Hall–Kier alpha value is -1.88. The molecule has 2 aliphatic rings. The van der Waals surface area contributed by atoms with E-state index in [1.165, 1.54) is 38.6 Å². The van der Waals surface area contributed by atoms with E-state index < -0.39 is 0 Å². The smallest absolute Gasteiger partial charge is 0.303 e. The van der Waals surface area contributed by atoms with Gasteiger partial charge in [-0.25, -0.2) is 9.48 Å². The number of aromatic nitrogens is 3. The third-order valence-corrected chi connectivity index (χ3v) is 6.46. The van der Waals surface area contributed by atoms with Crippen LogP contribution in [0.5, 0.6) is 0 Å². The maximum Gasteiger partial charge on any atom is 0.346 e. The molecule has 0 bridgehead atoms. The minimum Gasteiger partial charge on any atom is -0.303 e. The second kappa shape index (κ2) is 8.42. The lowest BCUT2D eigenvalue weighted by Crippen LogP contribution is -2.37. The predicted molar refractivity (Wildman–Crippen MR) is 108 cm³/mol. The van der Waals surface area contributed by atoms with Gasteiger partial charge in [-0.15, -0.1) is 0 Å². The number of hydrogen-bond acceptors (Lipinski definition) is 3. The van der Waals surface area contributed by atoms with Gasteiger partial charge in [0.1, 0.15) is 5.82 Å². The van der Waals surface area contributed by atoms with Crippen molar-refractivity contribution in [2.75, 3.05) is 13.6 Å². The van der Waals surface area contributed by atoms with Crippen LogP contribution in [0.15, 0.2) is 35.1 Å². The number of aryl methyl sites for hydroxylation is 1. The van der Waals surface area contributed by atoms with Crippen molar-refractivity contribution < 1.29 is 0 Å². The molecule has 1 aromatic heterocycles. The maximum atomic E-state index is 12.8. The van der Waals surface area contributed by atoms with Crippen LogP contribution in [0.2, 0.25) is 0 Å². The average molecular weight is 369 g/mol. The molecule has 4 rings (SSSR count). The average Bonchev–Trinajstić information content (AvgIpc) is 2.86. The summed E-state index contributed by atoms with van der Waals surface area (Å²) in [4.78, 5) is 15.4. The van der Waals surface area contributed by atoms with Crippen molar-refractivity contribution in [3.05, 3.63) is 52.2 Å². The number of fused-ring (bicyclic) bond motifs is 1. The molecule has 1 atom stereocenters. The van der Waals surface area contributed by atoms with Gasteiger partial charge in [0.05, 0.1) is 6.54 Å². The number of rotatable bonds is 5. The van der Waals surface area contributed by atoms with Gasteiger partial charge in [-0.05, 0) is 44.2 Å². The fourth-order valence-electron chi connectivity index (χ4n) is 4.84. The lowest BCUT2D eigenvalue weighted by molar-refractivity contribution is 0.167. The summed E-state index contributed by atoms with van der Waals surface area (Å²) in [5.74, 6) is 1.83. The van der Waals surface area contributed by atoms with Crippen molar-refractivity contribution in [3.63, 3.8) is 0 Å². The van der Waals surface area contributed by atoms with Gasteiger partial charge < -0.3 is 4.90 Å². The van der Waals surface area contributed by atoms with Crippen molar-refractivity contribution in [1.82, 2.24) is 19.2 Å². The Balaban J connectivity index is 1.39. The molecular formula is C22H32N4O. The van der Waals surface area contributed by atoms with E-state index in [9.17, 15) is 4.79 Å². The molecule has 146 valence electrons. The summed E-state index contributed by atoms with van der Waals surface area (Å²) in [5.41, 5.74) is 1.17. The van der Waals surface area contributed by atoms with Crippen LogP contribution >= 0.6 is 0 Å². The Bertz CT molecular complexity index is 788. The fraction of sp³-hybridized carbons (Fsp3) is 0.636. The first kappa shape index (κ1) is 18.5. The molecule has 1 aliphatic carbocycles. The first-order valence-corrected chi connectivity index (χ1v) is 10.6. The molecule has 27 heavy (non-hydrogen) atoms. The number of nitrogens with zero attached hydrogens (tertiary/aromatic N) is 4. The van der Waals surface area contributed by atoms with E-state index in [1.54, 1.807) is 4.68 Å². The zero-order chi connectivity index (χ0) is 18.6. The molecule has 0 saturated heterocycles. The molecule has 1 unspecified atom stereocenters. The lowest BCUT2D eigenvalue weighted by Gasteiger charge is -2.32. The van der Waals surface area contributed by atoms with Gasteiger partial charge >= 0.3 is 5.69 Å². The van der Waals surface area contributed by atoms with Crippen molar-refractivity contribution in [1.29, 1.82) is 0 Å². The van der Waals surface area contributed by atoms with Gasteiger partial charge in [0.25, 0.3) is 0 Å². The second-order valence-corrected chi connectivity index (χ2v) is 8.42. The summed E-state index contributed by atoms with van der Waals surface area (Å²) in [5, 5.41) is 4.66. The van der Waals surface area contributed by atoms with Crippen LogP contribution in [-0.2, 0) is 19.5 Å². The first-order chi connectivity index (χ1) is 13.2. The Kier molecular flexibility index (Phi) is 5.77. The molecule has 1 fully saturated rings. The molecule has 5 heteroatoms. The highest BCUT2D eigenvalue weighted by atomic mass is 16.2. The predicted octanol–water partition coefficient (Wildman–Crippen LogP) is 3.31. The van der Waals surface area contributed by atoms with Crippen LogP contribution in [0.3, 0.4) is 0 Å². The van der Waals surface area contributed by atoms with Gasteiger partial charge in [0.2, 0.25) is 0 Å². The molecular weight excluding hydrogens is 336 g/mol. The second-order valence-electron chi connectivity index (χ2n) is 8.42. The van der Waals surface area contributed by atoms with Crippen LogP contribution in [0.25, 0.3) is 0 Å². The third kappa shape index (κ3) is 4.34. The summed E-state index contributed by atoms with van der Waals surface area (Å²) < 4.78 is 3.55. The van der Waals surface area contributed by atoms with E-state index in [0.29, 0.717) is 12.6 Å². The Morgan fingerprint density at radius 2 is 1.85 bits per heavy atom. The monoisotopic (exact) mass is 368 g/mol. The molecule has 0 radical (unpaired) electrons. The summed E-state index contributed by atoms with van der Waals surface area (Å²) in [6, 6.07) is 10.7. The molecule has 2 aromatic rings. The van der Waals surface area contributed by atoms with E-state index in [2.05, 4.69) is 17.0 Å². The highest BCUT2D eigenvalue weighted by molar-refractivity contribution is 5.14. The Labute approximate surface area is 162 Å². The summed E-state index contributed by atoms with van der Waals surface area (Å²) >= 11 is 0. The highest BCUT2D eigenvalue weighted by Crippen LogP contribution is 2.26. The van der Waals surface area contributed by atoms with Crippen molar-refractivity contribution in [3.8, 4) is 0 Å². The van der Waals surface area contributed by atoms with Gasteiger partial charge in [-0.1, -0.05) is 49.6 Å². The Morgan fingerprint density at radius 1 is 1.07 bits per heavy atom. The standard InChI is InChI=1S/C22H32N4O/c1-24(16-18-8-4-2-5-9-18)20-12-13-21-23-26(22(27)25(21)15-14-20)17-19-10-6-3-7-11-19/h3,6-7,10-11,18,20H,2,4-5,8-9,12-17H2,1H3. The van der Waals surface area contributed by atoms with Crippen LogP contribution in [0.4, 0.5) is 0 Å². The zero-order valence-electron chi connectivity index (χ0n) is 16.5. The number of hydrogen-bond donors (Lipinski definition) is 0. The van der Waals surface area contributed by atoms with Crippen molar-refractivity contribution in [2.24, 2.45) is 5.92 Å². The van der Waals surface area contributed by atoms with E-state index >= 15 is 0 Å². The van der Waals surface area contributed by atoms with E-state index in [0.717, 1.165) is 43.1 Å². The maximum absolute atomic E-state index is 12.8. The highest BCUT2D eigenvalue weighted by Gasteiger charge is 2.25.